The molecule has 0 fully saturated rings. The minimum absolute atomic E-state index is 0.301. The molecule has 0 amide bonds. The third-order valence-corrected chi connectivity index (χ3v) is 3.00. The highest BCUT2D eigenvalue weighted by molar-refractivity contribution is 7.17. The average molecular weight is 208 g/mol. The largest absolute Gasteiger partial charge is 0.477 e. The minimum Gasteiger partial charge on any atom is -0.477 e. The summed E-state index contributed by atoms with van der Waals surface area (Å²) in [7, 11) is 0. The molecule has 0 aromatic carbocycles. The summed E-state index contributed by atoms with van der Waals surface area (Å²) in [6, 6.07) is 3.72. The maximum atomic E-state index is 10.8. The molecule has 2 aromatic heterocycles. The summed E-state index contributed by atoms with van der Waals surface area (Å²) >= 11 is 1.18. The first-order valence-electron chi connectivity index (χ1n) is 4.03. The van der Waals surface area contributed by atoms with Crippen LogP contribution >= 0.6 is 11.3 Å². The number of hydrogen-bond donors (Lipinski definition) is 2. The van der Waals surface area contributed by atoms with Gasteiger partial charge in [0, 0.05) is 6.20 Å². The quantitative estimate of drug-likeness (QED) is 0.794. The molecule has 72 valence electrons. The zero-order chi connectivity index (χ0) is 10.1. The molecule has 0 aliphatic heterocycles. The van der Waals surface area contributed by atoms with Crippen LogP contribution in [0.2, 0.25) is 0 Å². The van der Waals surface area contributed by atoms with E-state index < -0.39 is 5.97 Å². The van der Waals surface area contributed by atoms with Crippen LogP contribution in [0.25, 0.3) is 10.7 Å². The third kappa shape index (κ3) is 1.42. The van der Waals surface area contributed by atoms with Crippen molar-refractivity contribution in [3.63, 3.8) is 0 Å². The Morgan fingerprint density at radius 3 is 2.93 bits per heavy atom. The summed E-state index contributed by atoms with van der Waals surface area (Å²) in [6.45, 7) is 1.70. The van der Waals surface area contributed by atoms with Crippen LogP contribution in [0.5, 0.6) is 0 Å². The van der Waals surface area contributed by atoms with Crippen LogP contribution in [-0.4, -0.2) is 21.0 Å². The van der Waals surface area contributed by atoms with Crippen molar-refractivity contribution in [2.24, 2.45) is 0 Å². The number of aromatic carboxylic acids is 1. The summed E-state index contributed by atoms with van der Waals surface area (Å²) in [5, 5.41) is 9.55. The zero-order valence-corrected chi connectivity index (χ0v) is 8.26. The van der Waals surface area contributed by atoms with Crippen LogP contribution in [-0.2, 0) is 0 Å². The molecule has 5 heteroatoms. The molecule has 0 unspecified atom stereocenters. The molecule has 0 saturated heterocycles. The highest BCUT2D eigenvalue weighted by Crippen LogP contribution is 2.26. The van der Waals surface area contributed by atoms with Gasteiger partial charge in [-0.2, -0.15) is 0 Å². The second-order valence-electron chi connectivity index (χ2n) is 2.82. The number of carboxylic acid groups (broad SMARTS) is 1. The van der Waals surface area contributed by atoms with Gasteiger partial charge in [-0.25, -0.2) is 9.78 Å². The van der Waals surface area contributed by atoms with Gasteiger partial charge in [0.25, 0.3) is 0 Å². The molecule has 2 rings (SSSR count). The van der Waals surface area contributed by atoms with E-state index in [1.807, 2.05) is 12.1 Å². The van der Waals surface area contributed by atoms with E-state index in [1.54, 1.807) is 13.1 Å². The lowest BCUT2D eigenvalue weighted by Gasteiger charge is -1.86. The molecule has 0 spiro atoms. The lowest BCUT2D eigenvalue weighted by atomic mass is 10.4. The molecule has 2 heterocycles. The van der Waals surface area contributed by atoms with Gasteiger partial charge in [0.05, 0.1) is 11.4 Å². The Hall–Kier alpha value is -1.62. The van der Waals surface area contributed by atoms with E-state index in [-0.39, 0.29) is 0 Å². The Morgan fingerprint density at radius 2 is 2.43 bits per heavy atom. The number of aryl methyl sites for hydroxylation is 1. The smallest absolute Gasteiger partial charge is 0.347 e. The SMILES string of the molecule is Cc1nc(-c2ccc[nH]2)sc1C(=O)O. The van der Waals surface area contributed by atoms with Gasteiger partial charge in [-0.15, -0.1) is 11.3 Å². The molecule has 0 bridgehead atoms. The number of aromatic amines is 1. The van der Waals surface area contributed by atoms with Crippen molar-refractivity contribution in [1.82, 2.24) is 9.97 Å². The van der Waals surface area contributed by atoms with Gasteiger partial charge in [0.15, 0.2) is 0 Å². The van der Waals surface area contributed by atoms with E-state index in [0.29, 0.717) is 15.6 Å². The van der Waals surface area contributed by atoms with Crippen molar-refractivity contribution in [1.29, 1.82) is 0 Å². The van der Waals surface area contributed by atoms with Crippen LogP contribution in [0.3, 0.4) is 0 Å². The van der Waals surface area contributed by atoms with E-state index in [2.05, 4.69) is 9.97 Å². The zero-order valence-electron chi connectivity index (χ0n) is 7.44. The number of nitrogens with one attached hydrogen (secondary N) is 1. The molecular formula is C9H8N2O2S. The summed E-state index contributed by atoms with van der Waals surface area (Å²) in [4.78, 5) is 18.2. The molecule has 2 aromatic rings. The first-order chi connectivity index (χ1) is 6.68. The van der Waals surface area contributed by atoms with Gasteiger partial charge in [0.2, 0.25) is 0 Å². The van der Waals surface area contributed by atoms with E-state index in [0.717, 1.165) is 5.69 Å². The molecule has 0 aliphatic rings. The van der Waals surface area contributed by atoms with Crippen molar-refractivity contribution in [2.75, 3.05) is 0 Å². The normalized spacial score (nSPS) is 10.4. The number of H-pyrrole nitrogens is 1. The standard InChI is InChI=1S/C9H8N2O2S/c1-5-7(9(12)13)14-8(11-5)6-3-2-4-10-6/h2-4,10H,1H3,(H,12,13). The fraction of sp³-hybridized carbons (Fsp3) is 0.111. The number of carbonyl (C=O) groups is 1. The Morgan fingerprint density at radius 1 is 1.64 bits per heavy atom. The van der Waals surface area contributed by atoms with Gasteiger partial charge in [0.1, 0.15) is 9.88 Å². The summed E-state index contributed by atoms with van der Waals surface area (Å²) in [5.74, 6) is -0.919. The molecule has 4 nitrogen and oxygen atoms in total. The predicted molar refractivity (Wildman–Crippen MR) is 53.6 cm³/mol. The van der Waals surface area contributed by atoms with Crippen molar-refractivity contribution < 1.29 is 9.90 Å². The van der Waals surface area contributed by atoms with Crippen molar-refractivity contribution in [3.8, 4) is 10.7 Å². The lowest BCUT2D eigenvalue weighted by Crippen LogP contribution is -1.94. The monoisotopic (exact) mass is 208 g/mol. The summed E-state index contributed by atoms with van der Waals surface area (Å²) in [5.41, 5.74) is 1.41. The fourth-order valence-corrected chi connectivity index (χ4v) is 2.07. The summed E-state index contributed by atoms with van der Waals surface area (Å²) < 4.78 is 0. The average Bonchev–Trinajstić information content (AvgIpc) is 2.70. The maximum Gasteiger partial charge on any atom is 0.347 e. The number of carboxylic acids is 1. The number of hydrogen-bond acceptors (Lipinski definition) is 3. The van der Waals surface area contributed by atoms with Crippen LogP contribution in [0, 0.1) is 6.92 Å². The van der Waals surface area contributed by atoms with E-state index in [1.165, 1.54) is 11.3 Å². The molecule has 0 atom stereocenters. The van der Waals surface area contributed by atoms with Crippen molar-refractivity contribution in [3.05, 3.63) is 28.9 Å². The van der Waals surface area contributed by atoms with Gasteiger partial charge in [-0.3, -0.25) is 0 Å². The Labute approximate surface area is 84.2 Å². The third-order valence-electron chi connectivity index (χ3n) is 1.82. The van der Waals surface area contributed by atoms with Gasteiger partial charge in [-0.1, -0.05) is 0 Å². The number of nitrogens with zero attached hydrogens (tertiary/aromatic N) is 1. The predicted octanol–water partition coefficient (Wildman–Crippen LogP) is 2.14. The van der Waals surface area contributed by atoms with Crippen molar-refractivity contribution in [2.45, 2.75) is 6.92 Å². The van der Waals surface area contributed by atoms with Crippen LogP contribution in [0.15, 0.2) is 18.3 Å². The summed E-state index contributed by atoms with van der Waals surface area (Å²) in [6.07, 6.45) is 1.78. The number of thiazole rings is 1. The maximum absolute atomic E-state index is 10.8. The van der Waals surface area contributed by atoms with Gasteiger partial charge in [-0.05, 0) is 19.1 Å². The number of aromatic nitrogens is 2. The van der Waals surface area contributed by atoms with Crippen LogP contribution < -0.4 is 0 Å². The molecule has 0 saturated carbocycles. The first-order valence-corrected chi connectivity index (χ1v) is 4.84. The molecule has 0 radical (unpaired) electrons. The molecule has 0 aliphatic carbocycles. The topological polar surface area (TPSA) is 66.0 Å². The highest BCUT2D eigenvalue weighted by atomic mass is 32.1. The van der Waals surface area contributed by atoms with Crippen LogP contribution in [0.1, 0.15) is 15.4 Å². The molecule has 14 heavy (non-hydrogen) atoms. The van der Waals surface area contributed by atoms with Gasteiger partial charge < -0.3 is 10.1 Å². The first kappa shape index (κ1) is 8.96. The van der Waals surface area contributed by atoms with Crippen molar-refractivity contribution >= 4 is 17.3 Å². The lowest BCUT2D eigenvalue weighted by molar-refractivity contribution is 0.0701. The van der Waals surface area contributed by atoms with Gasteiger partial charge >= 0.3 is 5.97 Å². The van der Waals surface area contributed by atoms with E-state index in [4.69, 9.17) is 5.11 Å². The van der Waals surface area contributed by atoms with E-state index >= 15 is 0 Å². The highest BCUT2D eigenvalue weighted by Gasteiger charge is 2.14. The van der Waals surface area contributed by atoms with E-state index in [9.17, 15) is 4.79 Å². The van der Waals surface area contributed by atoms with Crippen LogP contribution in [0.4, 0.5) is 0 Å². The minimum atomic E-state index is -0.919. The second kappa shape index (κ2) is 3.26. The Bertz CT molecular complexity index is 459. The fourth-order valence-electron chi connectivity index (χ4n) is 1.17. The Balaban J connectivity index is 2.48. The molecule has 2 N–H and O–H groups in total. The second-order valence-corrected chi connectivity index (χ2v) is 3.82. The number of rotatable bonds is 2. The molecular weight excluding hydrogens is 200 g/mol. The Kier molecular flexibility index (Phi) is 2.09.